The van der Waals surface area contributed by atoms with Crippen LogP contribution >= 0.6 is 0 Å². The van der Waals surface area contributed by atoms with Crippen molar-refractivity contribution in [3.63, 3.8) is 0 Å². The van der Waals surface area contributed by atoms with Crippen LogP contribution in [0.4, 0.5) is 45.5 Å². The summed E-state index contributed by atoms with van der Waals surface area (Å²) in [6.07, 6.45) is 0. The van der Waals surface area contributed by atoms with Gasteiger partial charge in [-0.2, -0.15) is 0 Å². The highest BCUT2D eigenvalue weighted by molar-refractivity contribution is 6.14. The highest BCUT2D eigenvalue weighted by Crippen LogP contribution is 2.44. The maximum atomic E-state index is 2.39. The Kier molecular flexibility index (Phi) is 23.3. The Labute approximate surface area is 815 Å². The van der Waals surface area contributed by atoms with Crippen molar-refractivity contribution in [1.82, 2.24) is 18.3 Å². The van der Waals surface area contributed by atoms with Crippen LogP contribution in [0.5, 0.6) is 0 Å². The van der Waals surface area contributed by atoms with E-state index in [-0.39, 0.29) is 0 Å². The molecular formula is C132H100N8. The lowest BCUT2D eigenvalue weighted by Crippen LogP contribution is -2.09. The molecule has 0 unspecified atom stereocenters. The van der Waals surface area contributed by atoms with Gasteiger partial charge in [0.05, 0.1) is 44.1 Å². The van der Waals surface area contributed by atoms with Gasteiger partial charge >= 0.3 is 0 Å². The van der Waals surface area contributed by atoms with Crippen molar-refractivity contribution in [2.75, 3.05) is 47.8 Å². The van der Waals surface area contributed by atoms with Gasteiger partial charge in [-0.05, 0) is 242 Å². The summed E-state index contributed by atoms with van der Waals surface area (Å²) >= 11 is 0. The van der Waals surface area contributed by atoms with Crippen LogP contribution in [-0.2, 0) is 0 Å². The molecule has 0 atom stereocenters. The molecule has 0 aliphatic carbocycles. The Morgan fingerprint density at radius 1 is 0.129 bits per heavy atom. The molecule has 0 radical (unpaired) electrons. The van der Waals surface area contributed by atoms with E-state index in [1.807, 2.05) is 0 Å². The smallest absolute Gasteiger partial charge is 0.0561 e. The van der Waals surface area contributed by atoms with E-state index in [1.165, 1.54) is 193 Å². The summed E-state index contributed by atoms with van der Waals surface area (Å²) in [5, 5.41) is 15.2. The van der Waals surface area contributed by atoms with Crippen molar-refractivity contribution in [1.29, 1.82) is 0 Å². The van der Waals surface area contributed by atoms with Gasteiger partial charge in [0.25, 0.3) is 0 Å². The number of rotatable bonds is 16. The maximum Gasteiger partial charge on any atom is 0.0561 e. The monoisotopic (exact) mass is 1800 g/mol. The van der Waals surface area contributed by atoms with Crippen LogP contribution in [0.25, 0.3) is 176 Å². The third-order valence-corrected chi connectivity index (χ3v) is 27.7. The number of fused-ring (bicyclic) bond motifs is 14. The molecule has 140 heavy (non-hydrogen) atoms. The maximum absolute atomic E-state index is 2.39. The number of hydrogen-bond acceptors (Lipinski definition) is 4. The average Bonchev–Trinajstić information content (AvgIpc) is 1.60. The first-order valence-corrected chi connectivity index (χ1v) is 47.9. The summed E-state index contributed by atoms with van der Waals surface area (Å²) in [6, 6.07) is 191. The van der Waals surface area contributed by atoms with Gasteiger partial charge in [-0.15, -0.1) is 0 Å². The molecule has 0 fully saturated rings. The van der Waals surface area contributed by atoms with E-state index in [1.54, 1.807) is 0 Å². The first-order chi connectivity index (χ1) is 69.1. The van der Waals surface area contributed by atoms with Gasteiger partial charge < -0.3 is 37.9 Å². The SMILES string of the molecule is CN(c1ccc(-c2cccc3ccccc23)cc1)c1ccc(-n2c3ccccc3c3ccccc32)cc1.CN(c1ccc(-c2ccccc2)cc1)c1ccc2c3ccccc3n(-c3ccc(-c4ccccc4)cc3)c2c1.CN(c1ccccc1)c1ccc2c3ccccc3n(-c3ccc(-c4ccccc4)cc3)c2c1.CN(c1ccccc1)c1ccc2c3ccccc3n(-c3ccc4ccccc4c3)c2c1. The zero-order valence-corrected chi connectivity index (χ0v) is 78.4. The van der Waals surface area contributed by atoms with E-state index < -0.39 is 0 Å². The lowest BCUT2D eigenvalue weighted by molar-refractivity contribution is 1.16. The molecule has 0 bridgehead atoms. The Balaban J connectivity index is 0.000000105. The summed E-state index contributed by atoms with van der Waals surface area (Å²) in [5.41, 5.74) is 33.6. The highest BCUT2D eigenvalue weighted by Gasteiger charge is 2.22. The summed E-state index contributed by atoms with van der Waals surface area (Å²) in [6.45, 7) is 0. The molecular weight excluding hydrogens is 1700 g/mol. The fraction of sp³-hybridized carbons (Fsp3) is 0.0303. The molecule has 22 aromatic carbocycles. The third-order valence-electron chi connectivity index (χ3n) is 27.7. The van der Waals surface area contributed by atoms with E-state index in [9.17, 15) is 0 Å². The van der Waals surface area contributed by atoms with Crippen molar-refractivity contribution in [2.24, 2.45) is 0 Å². The van der Waals surface area contributed by atoms with Gasteiger partial charge in [-0.1, -0.05) is 358 Å². The predicted molar refractivity (Wildman–Crippen MR) is 598 cm³/mol. The quantitative estimate of drug-likeness (QED) is 0.0965. The molecule has 0 saturated carbocycles. The predicted octanol–water partition coefficient (Wildman–Crippen LogP) is 35.2. The average molecular weight is 1800 g/mol. The van der Waals surface area contributed by atoms with Crippen molar-refractivity contribution >= 4 is 154 Å². The number of para-hydroxylation sites is 7. The second-order valence-corrected chi connectivity index (χ2v) is 35.8. The molecule has 4 heterocycles. The number of aromatic nitrogens is 4. The molecule has 0 spiro atoms. The topological polar surface area (TPSA) is 32.7 Å². The first kappa shape index (κ1) is 85.9. The molecule has 4 aromatic heterocycles. The summed E-state index contributed by atoms with van der Waals surface area (Å²) in [5.74, 6) is 0. The van der Waals surface area contributed by atoms with Crippen LogP contribution in [-0.4, -0.2) is 46.5 Å². The summed E-state index contributed by atoms with van der Waals surface area (Å²) in [7, 11) is 8.51. The summed E-state index contributed by atoms with van der Waals surface area (Å²) < 4.78 is 9.50. The fourth-order valence-electron chi connectivity index (χ4n) is 20.3. The van der Waals surface area contributed by atoms with Gasteiger partial charge in [-0.25, -0.2) is 0 Å². The molecule has 8 heteroatoms. The van der Waals surface area contributed by atoms with Crippen LogP contribution in [0.1, 0.15) is 0 Å². The second-order valence-electron chi connectivity index (χ2n) is 35.8. The standard InChI is InChI=1S/C37H28N2.C35H26N2.C31H24N2.C29H22N2/c1-38(31-20-16-29(17-21-31)27-10-4-2-5-11-27)33-24-25-35-34-14-8-9-15-36(34)39(37(35)26-33)32-22-18-30(19-23-32)28-12-6-3-7-13-28;1-36(27-19-17-26(18-20-27)31-14-8-10-25-9-2-3-11-30(25)31)28-21-23-29(24-22-28)37-34-15-6-4-12-32(34)33-13-5-7-16-35(33)37;1-32(25-12-6-3-7-13-25)27-20-21-29-28-14-8-9-15-30(28)33(31(29)22-27)26-18-16-24(17-19-26)23-10-4-2-5-11-23;1-30(23-11-3-2-4-12-23)24-17-18-27-26-13-7-8-14-28(26)31(29(27)20-24)25-16-15-21-9-5-6-10-22(21)19-25/h2-26H,1H3;2-24H,1H3;2-22H,1H3;2-20H,1H3. The summed E-state index contributed by atoms with van der Waals surface area (Å²) in [4.78, 5) is 8.97. The number of anilines is 8. The van der Waals surface area contributed by atoms with Gasteiger partial charge in [0, 0.05) is 140 Å². The van der Waals surface area contributed by atoms with E-state index in [0.29, 0.717) is 0 Å². The second kappa shape index (κ2) is 37.9. The van der Waals surface area contributed by atoms with Crippen LogP contribution in [0.3, 0.4) is 0 Å². The highest BCUT2D eigenvalue weighted by atomic mass is 15.1. The zero-order chi connectivity index (χ0) is 93.9. The third kappa shape index (κ3) is 16.6. The van der Waals surface area contributed by atoms with Crippen LogP contribution in [0.2, 0.25) is 0 Å². The normalized spacial score (nSPS) is 11.3. The first-order valence-electron chi connectivity index (χ1n) is 47.9. The van der Waals surface area contributed by atoms with E-state index in [4.69, 9.17) is 0 Å². The van der Waals surface area contributed by atoms with Gasteiger partial charge in [0.15, 0.2) is 0 Å². The molecule has 8 nitrogen and oxygen atoms in total. The minimum Gasteiger partial charge on any atom is -0.345 e. The van der Waals surface area contributed by atoms with Crippen molar-refractivity contribution < 1.29 is 0 Å². The van der Waals surface area contributed by atoms with E-state index in [0.717, 1.165) is 28.4 Å². The number of hydrogen-bond donors (Lipinski definition) is 0. The molecule has 668 valence electrons. The van der Waals surface area contributed by atoms with Crippen molar-refractivity contribution in [3.05, 3.63) is 534 Å². The lowest BCUT2D eigenvalue weighted by Gasteiger charge is -2.21. The largest absolute Gasteiger partial charge is 0.345 e. The molecule has 0 aliphatic heterocycles. The van der Waals surface area contributed by atoms with Crippen LogP contribution in [0.15, 0.2) is 534 Å². The molecule has 0 saturated heterocycles. The van der Waals surface area contributed by atoms with Gasteiger partial charge in [0.1, 0.15) is 0 Å². The van der Waals surface area contributed by atoms with Crippen molar-refractivity contribution in [3.8, 4) is 67.3 Å². The Hall–Kier alpha value is -18.2. The van der Waals surface area contributed by atoms with Gasteiger partial charge in [0.2, 0.25) is 0 Å². The van der Waals surface area contributed by atoms with Crippen LogP contribution < -0.4 is 19.6 Å². The Morgan fingerprint density at radius 2 is 0.357 bits per heavy atom. The minimum absolute atomic E-state index is 1.15. The molecule has 26 rings (SSSR count). The van der Waals surface area contributed by atoms with E-state index >= 15 is 0 Å². The fourth-order valence-corrected chi connectivity index (χ4v) is 20.3. The molecule has 26 aromatic rings. The van der Waals surface area contributed by atoms with Crippen molar-refractivity contribution in [2.45, 2.75) is 0 Å². The minimum atomic E-state index is 1.15. The number of nitrogens with zero attached hydrogens (tertiary/aromatic N) is 8. The van der Waals surface area contributed by atoms with E-state index in [2.05, 4.69) is 600 Å². The van der Waals surface area contributed by atoms with Crippen LogP contribution in [0, 0.1) is 0 Å². The Morgan fingerprint density at radius 3 is 0.729 bits per heavy atom. The lowest BCUT2D eigenvalue weighted by atomic mass is 9.98. The molecule has 0 aliphatic rings. The van der Waals surface area contributed by atoms with Gasteiger partial charge in [-0.3, -0.25) is 0 Å². The molecule has 0 N–H and O–H groups in total. The molecule has 0 amide bonds. The number of benzene rings is 22. The zero-order valence-electron chi connectivity index (χ0n) is 78.4. The Bertz CT molecular complexity index is 8880.